The van der Waals surface area contributed by atoms with Crippen LogP contribution in [0.3, 0.4) is 0 Å². The number of hydrogen-bond donors (Lipinski definition) is 2. The maximum atomic E-state index is 12.9. The summed E-state index contributed by atoms with van der Waals surface area (Å²) in [6.45, 7) is 1.09. The second-order valence-corrected chi connectivity index (χ2v) is 6.23. The van der Waals surface area contributed by atoms with Gasteiger partial charge in [-0.2, -0.15) is 0 Å². The molecule has 1 aliphatic rings. The summed E-state index contributed by atoms with van der Waals surface area (Å²) in [4.78, 5) is 26.4. The molecule has 2 aromatic rings. The lowest BCUT2D eigenvalue weighted by Gasteiger charge is -2.25. The molecule has 1 atom stereocenters. The van der Waals surface area contributed by atoms with Crippen LogP contribution in [0.5, 0.6) is 0 Å². The van der Waals surface area contributed by atoms with Gasteiger partial charge in [-0.05, 0) is 42.7 Å². The second kappa shape index (κ2) is 9.36. The van der Waals surface area contributed by atoms with Crippen LogP contribution in [-0.4, -0.2) is 29.8 Å². The molecule has 0 saturated carbocycles. The molecule has 0 bridgehead atoms. The summed E-state index contributed by atoms with van der Waals surface area (Å²) in [5, 5.41) is 2.77. The molecule has 6 heteroatoms. The van der Waals surface area contributed by atoms with Crippen LogP contribution >= 0.6 is 12.4 Å². The Morgan fingerprint density at radius 1 is 1.08 bits per heavy atom. The predicted octanol–water partition coefficient (Wildman–Crippen LogP) is 3.37. The molecule has 1 heterocycles. The number of anilines is 1. The summed E-state index contributed by atoms with van der Waals surface area (Å²) >= 11 is 0. The molecule has 3 rings (SSSR count). The van der Waals surface area contributed by atoms with Gasteiger partial charge >= 0.3 is 0 Å². The van der Waals surface area contributed by atoms with Gasteiger partial charge in [-0.15, -0.1) is 12.4 Å². The molecule has 3 N–H and O–H groups in total. The molecule has 5 nitrogen and oxygen atoms in total. The number of benzene rings is 2. The van der Waals surface area contributed by atoms with E-state index >= 15 is 0 Å². The van der Waals surface area contributed by atoms with Gasteiger partial charge < -0.3 is 16.0 Å². The van der Waals surface area contributed by atoms with Crippen LogP contribution in [0.25, 0.3) is 0 Å². The van der Waals surface area contributed by atoms with Crippen LogP contribution in [-0.2, 0) is 4.79 Å². The molecular formula is C20H24ClN3O2. The fourth-order valence-corrected chi connectivity index (χ4v) is 3.25. The van der Waals surface area contributed by atoms with Crippen molar-refractivity contribution >= 4 is 29.9 Å². The number of nitrogens with two attached hydrogens (primary N) is 1. The van der Waals surface area contributed by atoms with Crippen molar-refractivity contribution in [1.29, 1.82) is 0 Å². The van der Waals surface area contributed by atoms with E-state index in [1.54, 1.807) is 24.3 Å². The van der Waals surface area contributed by atoms with Crippen molar-refractivity contribution in [3.8, 4) is 0 Å². The Kier molecular flexibility index (Phi) is 7.18. The number of carbonyl (C=O) groups is 2. The first-order valence-electron chi connectivity index (χ1n) is 8.65. The largest absolute Gasteiger partial charge is 0.332 e. The maximum absolute atomic E-state index is 12.9. The van der Waals surface area contributed by atoms with Crippen molar-refractivity contribution in [2.24, 2.45) is 5.73 Å². The highest BCUT2D eigenvalue weighted by Gasteiger charge is 2.30. The summed E-state index contributed by atoms with van der Waals surface area (Å²) < 4.78 is 0. The third-order valence-corrected chi connectivity index (χ3v) is 4.49. The second-order valence-electron chi connectivity index (χ2n) is 6.23. The number of nitrogens with one attached hydrogen (secondary N) is 1. The van der Waals surface area contributed by atoms with Crippen molar-refractivity contribution in [3.63, 3.8) is 0 Å². The highest BCUT2D eigenvalue weighted by atomic mass is 35.5. The summed E-state index contributed by atoms with van der Waals surface area (Å²) in [6, 6.07) is 17.3. The van der Waals surface area contributed by atoms with Gasteiger partial charge in [-0.3, -0.25) is 9.59 Å². The smallest absolute Gasteiger partial charge is 0.254 e. The number of hydrogen-bond acceptors (Lipinski definition) is 3. The Morgan fingerprint density at radius 2 is 1.77 bits per heavy atom. The van der Waals surface area contributed by atoms with Crippen molar-refractivity contribution in [1.82, 2.24) is 4.90 Å². The van der Waals surface area contributed by atoms with Crippen molar-refractivity contribution in [2.45, 2.75) is 25.3 Å². The Bertz CT molecular complexity index is 734. The first-order chi connectivity index (χ1) is 12.2. The predicted molar refractivity (Wildman–Crippen MR) is 105 cm³/mol. The number of amides is 2. The number of halogens is 1. The van der Waals surface area contributed by atoms with E-state index in [4.69, 9.17) is 5.73 Å². The molecular weight excluding hydrogens is 350 g/mol. The molecule has 2 aromatic carbocycles. The lowest BCUT2D eigenvalue weighted by Crippen LogP contribution is -2.30. The molecule has 2 amide bonds. The van der Waals surface area contributed by atoms with E-state index in [2.05, 4.69) is 17.4 Å². The number of likely N-dealkylation sites (tertiary alicyclic amines) is 1. The first kappa shape index (κ1) is 19.9. The minimum absolute atomic E-state index is 0. The minimum atomic E-state index is -0.120. The van der Waals surface area contributed by atoms with Gasteiger partial charge in [-0.1, -0.05) is 30.3 Å². The van der Waals surface area contributed by atoms with E-state index in [1.165, 1.54) is 5.56 Å². The zero-order valence-corrected chi connectivity index (χ0v) is 15.4. The zero-order chi connectivity index (χ0) is 17.6. The molecule has 0 aromatic heterocycles. The average molecular weight is 374 g/mol. The van der Waals surface area contributed by atoms with E-state index in [9.17, 15) is 9.59 Å². The van der Waals surface area contributed by atoms with Crippen molar-refractivity contribution < 1.29 is 9.59 Å². The summed E-state index contributed by atoms with van der Waals surface area (Å²) in [6.07, 6.45) is 2.29. The summed E-state index contributed by atoms with van der Waals surface area (Å²) in [7, 11) is 0. The third kappa shape index (κ3) is 4.62. The highest BCUT2D eigenvalue weighted by molar-refractivity contribution is 5.96. The zero-order valence-electron chi connectivity index (χ0n) is 14.6. The van der Waals surface area contributed by atoms with Gasteiger partial charge in [0, 0.05) is 30.8 Å². The van der Waals surface area contributed by atoms with Gasteiger partial charge in [0.2, 0.25) is 5.91 Å². The van der Waals surface area contributed by atoms with Crippen LogP contribution in [0, 0.1) is 0 Å². The Labute approximate surface area is 160 Å². The molecule has 1 aliphatic heterocycles. The molecule has 0 aliphatic carbocycles. The van der Waals surface area contributed by atoms with Gasteiger partial charge in [0.15, 0.2) is 0 Å². The molecule has 1 saturated heterocycles. The van der Waals surface area contributed by atoms with E-state index in [1.807, 2.05) is 23.1 Å². The quantitative estimate of drug-likeness (QED) is 0.843. The average Bonchev–Trinajstić information content (AvgIpc) is 3.12. The molecule has 138 valence electrons. The van der Waals surface area contributed by atoms with Gasteiger partial charge in [0.1, 0.15) is 0 Å². The van der Waals surface area contributed by atoms with Crippen LogP contribution in [0.4, 0.5) is 5.69 Å². The van der Waals surface area contributed by atoms with E-state index in [-0.39, 0.29) is 36.7 Å². The van der Waals surface area contributed by atoms with Crippen LogP contribution in [0.1, 0.15) is 41.2 Å². The van der Waals surface area contributed by atoms with Crippen molar-refractivity contribution in [2.75, 3.05) is 18.4 Å². The van der Waals surface area contributed by atoms with Gasteiger partial charge in [-0.25, -0.2) is 0 Å². The normalized spacial score (nSPS) is 16.0. The summed E-state index contributed by atoms with van der Waals surface area (Å²) in [5.41, 5.74) is 7.86. The Balaban J connectivity index is 0.00000243. The van der Waals surface area contributed by atoms with Crippen LogP contribution < -0.4 is 11.1 Å². The van der Waals surface area contributed by atoms with Gasteiger partial charge in [0.25, 0.3) is 5.91 Å². The van der Waals surface area contributed by atoms with E-state index in [0.717, 1.165) is 19.4 Å². The van der Waals surface area contributed by atoms with Gasteiger partial charge in [0.05, 0.1) is 6.04 Å². The van der Waals surface area contributed by atoms with E-state index < -0.39 is 0 Å². The fraction of sp³-hybridized carbons (Fsp3) is 0.300. The number of nitrogens with zero attached hydrogens (tertiary/aromatic N) is 1. The molecule has 0 spiro atoms. The third-order valence-electron chi connectivity index (χ3n) is 4.49. The van der Waals surface area contributed by atoms with Crippen molar-refractivity contribution in [3.05, 3.63) is 65.7 Å². The summed E-state index contributed by atoms with van der Waals surface area (Å²) in [5.74, 6) is -0.0866. The van der Waals surface area contributed by atoms with Crippen LogP contribution in [0.15, 0.2) is 54.6 Å². The maximum Gasteiger partial charge on any atom is 0.254 e. The highest BCUT2D eigenvalue weighted by Crippen LogP contribution is 2.33. The lowest BCUT2D eigenvalue weighted by molar-refractivity contribution is -0.116. The fourth-order valence-electron chi connectivity index (χ4n) is 3.25. The lowest BCUT2D eigenvalue weighted by atomic mass is 10.0. The first-order valence-corrected chi connectivity index (χ1v) is 8.65. The Morgan fingerprint density at radius 3 is 2.42 bits per heavy atom. The molecule has 1 fully saturated rings. The molecule has 26 heavy (non-hydrogen) atoms. The minimum Gasteiger partial charge on any atom is -0.332 e. The Hall–Kier alpha value is -2.37. The van der Waals surface area contributed by atoms with E-state index in [0.29, 0.717) is 17.8 Å². The topological polar surface area (TPSA) is 75.4 Å². The number of rotatable bonds is 5. The SMILES string of the molecule is Cl.NCCC(=O)Nc1ccc(C(=O)N2CCCC2c2ccccc2)cc1. The molecule has 1 unspecified atom stereocenters. The van der Waals surface area contributed by atoms with Crippen LogP contribution in [0.2, 0.25) is 0 Å². The standard InChI is InChI=1S/C20H23N3O2.ClH/c21-13-12-19(24)22-17-10-8-16(9-11-17)20(25)23-14-4-7-18(23)15-5-2-1-3-6-15;/h1-3,5-6,8-11,18H,4,7,12-14,21H2,(H,22,24);1H. The number of carbonyl (C=O) groups excluding carboxylic acids is 2. The monoisotopic (exact) mass is 373 g/mol. The molecule has 0 radical (unpaired) electrons.